The molecule has 0 aromatic heterocycles. The van der Waals surface area contributed by atoms with Crippen LogP contribution in [0, 0.1) is 5.92 Å². The Hall–Kier alpha value is -3.97. The SMILES string of the molecule is CCOc1ccccc1C(=O)[C@H]1[C@@H]2CCCN2[C@]2(C(=O)Nc3ccccc32)[C@]12C(=O)Nc1ccccc12. The number of carbonyl (C=O) groups excluding carboxylic acids is 3. The molecule has 4 heterocycles. The molecule has 4 aliphatic heterocycles. The number of anilines is 2. The van der Waals surface area contributed by atoms with Crippen LogP contribution in [0.5, 0.6) is 5.75 Å². The molecule has 0 aliphatic carbocycles. The molecule has 0 radical (unpaired) electrons. The van der Waals surface area contributed by atoms with E-state index in [1.807, 2.05) is 67.6 Å². The van der Waals surface area contributed by atoms with Crippen molar-refractivity contribution < 1.29 is 19.1 Å². The van der Waals surface area contributed by atoms with Crippen LogP contribution in [0.4, 0.5) is 11.4 Å². The average molecular weight is 494 g/mol. The summed E-state index contributed by atoms with van der Waals surface area (Å²) >= 11 is 0. The van der Waals surface area contributed by atoms with Gasteiger partial charge in [-0.25, -0.2) is 0 Å². The van der Waals surface area contributed by atoms with E-state index in [2.05, 4.69) is 15.5 Å². The highest BCUT2D eigenvalue weighted by molar-refractivity contribution is 6.21. The number of ketones is 1. The average Bonchev–Trinajstić information content (AvgIpc) is 3.63. The third kappa shape index (κ3) is 2.52. The van der Waals surface area contributed by atoms with Crippen LogP contribution in [0.3, 0.4) is 0 Å². The Balaban J connectivity index is 1.57. The topological polar surface area (TPSA) is 87.7 Å². The van der Waals surface area contributed by atoms with E-state index in [0.717, 1.165) is 18.4 Å². The van der Waals surface area contributed by atoms with E-state index in [-0.39, 0.29) is 23.6 Å². The molecule has 7 heteroatoms. The highest BCUT2D eigenvalue weighted by atomic mass is 16.5. The van der Waals surface area contributed by atoms with Gasteiger partial charge in [-0.2, -0.15) is 0 Å². The summed E-state index contributed by atoms with van der Waals surface area (Å²) < 4.78 is 5.86. The lowest BCUT2D eigenvalue weighted by Crippen LogP contribution is -2.62. The number of nitrogens with zero attached hydrogens (tertiary/aromatic N) is 1. The van der Waals surface area contributed by atoms with Crippen LogP contribution in [-0.4, -0.2) is 41.7 Å². The van der Waals surface area contributed by atoms with Crippen molar-refractivity contribution in [1.82, 2.24) is 4.90 Å². The zero-order chi connectivity index (χ0) is 25.4. The summed E-state index contributed by atoms with van der Waals surface area (Å²) in [5, 5.41) is 6.15. The number of rotatable bonds is 4. The van der Waals surface area contributed by atoms with Crippen LogP contribution in [-0.2, 0) is 20.5 Å². The van der Waals surface area contributed by atoms with Crippen molar-refractivity contribution in [3.05, 3.63) is 89.5 Å². The molecule has 0 saturated carbocycles. The van der Waals surface area contributed by atoms with Gasteiger partial charge < -0.3 is 15.4 Å². The summed E-state index contributed by atoms with van der Waals surface area (Å²) in [6, 6.07) is 22.0. The molecule has 7 rings (SSSR count). The first kappa shape index (κ1) is 22.2. The number of ether oxygens (including phenoxy) is 1. The molecule has 37 heavy (non-hydrogen) atoms. The summed E-state index contributed by atoms with van der Waals surface area (Å²) in [5.41, 5.74) is 0.463. The second-order valence-corrected chi connectivity index (χ2v) is 10.2. The van der Waals surface area contributed by atoms with Gasteiger partial charge in [-0.3, -0.25) is 19.3 Å². The minimum Gasteiger partial charge on any atom is -0.493 e. The standard InChI is InChI=1S/C30H27N3O4/c1-2-37-24-16-8-3-10-18(24)26(34)25-23-15-9-17-33(23)30(20-12-5-7-14-22(20)32-28(30)36)29(25)19-11-4-6-13-21(19)31-27(29)35/h3-8,10-14,16,23,25H,2,9,15,17H2,1H3,(H,31,35)(H,32,36)/t23-,25+,29-,30+/m0/s1. The van der Waals surface area contributed by atoms with Crippen molar-refractivity contribution in [2.45, 2.75) is 36.8 Å². The fraction of sp³-hybridized carbons (Fsp3) is 0.300. The summed E-state index contributed by atoms with van der Waals surface area (Å²) in [6.45, 7) is 2.92. The molecule has 2 amide bonds. The maximum atomic E-state index is 14.7. The fourth-order valence-electron chi connectivity index (χ4n) is 7.65. The van der Waals surface area contributed by atoms with Crippen LogP contribution in [0.25, 0.3) is 0 Å². The molecular formula is C30H27N3O4. The van der Waals surface area contributed by atoms with E-state index in [1.54, 1.807) is 12.1 Å². The number of hydrogen-bond donors (Lipinski definition) is 2. The molecular weight excluding hydrogens is 466 g/mol. The second-order valence-electron chi connectivity index (χ2n) is 10.2. The smallest absolute Gasteiger partial charge is 0.251 e. The van der Waals surface area contributed by atoms with Gasteiger partial charge in [0.25, 0.3) is 5.91 Å². The van der Waals surface area contributed by atoms with E-state index in [9.17, 15) is 14.4 Å². The Morgan fingerprint density at radius 2 is 1.57 bits per heavy atom. The number of hydrogen-bond acceptors (Lipinski definition) is 5. The van der Waals surface area contributed by atoms with E-state index in [4.69, 9.17) is 4.74 Å². The highest BCUT2D eigenvalue weighted by Crippen LogP contribution is 2.67. The number of para-hydroxylation sites is 3. The summed E-state index contributed by atoms with van der Waals surface area (Å²) in [4.78, 5) is 45.7. The van der Waals surface area contributed by atoms with Gasteiger partial charge in [-0.05, 0) is 56.1 Å². The van der Waals surface area contributed by atoms with Crippen molar-refractivity contribution >= 4 is 29.0 Å². The Labute approximate surface area is 214 Å². The third-order valence-corrected chi connectivity index (χ3v) is 8.74. The Bertz CT molecular complexity index is 1480. The predicted molar refractivity (Wildman–Crippen MR) is 139 cm³/mol. The van der Waals surface area contributed by atoms with E-state index in [0.29, 0.717) is 41.4 Å². The minimum absolute atomic E-state index is 0.165. The van der Waals surface area contributed by atoms with Crippen LogP contribution in [0.15, 0.2) is 72.8 Å². The first-order chi connectivity index (χ1) is 18.1. The molecule has 2 fully saturated rings. The summed E-state index contributed by atoms with van der Waals surface area (Å²) in [6.07, 6.45) is 1.57. The molecule has 0 bridgehead atoms. The molecule has 3 aromatic rings. The Morgan fingerprint density at radius 1 is 0.919 bits per heavy atom. The van der Waals surface area contributed by atoms with Crippen LogP contribution in [0.2, 0.25) is 0 Å². The van der Waals surface area contributed by atoms with Gasteiger partial charge in [-0.15, -0.1) is 0 Å². The summed E-state index contributed by atoms with van der Waals surface area (Å²) in [5.74, 6) is -0.999. The van der Waals surface area contributed by atoms with Gasteiger partial charge in [0.15, 0.2) is 5.78 Å². The van der Waals surface area contributed by atoms with Crippen molar-refractivity contribution in [2.75, 3.05) is 23.8 Å². The Morgan fingerprint density at radius 3 is 2.35 bits per heavy atom. The summed E-state index contributed by atoms with van der Waals surface area (Å²) in [7, 11) is 0. The van der Waals surface area contributed by atoms with Crippen molar-refractivity contribution in [1.29, 1.82) is 0 Å². The van der Waals surface area contributed by atoms with Gasteiger partial charge >= 0.3 is 0 Å². The maximum absolute atomic E-state index is 14.7. The van der Waals surface area contributed by atoms with Crippen molar-refractivity contribution in [3.8, 4) is 5.75 Å². The number of Topliss-reactive ketones (excluding diaryl/α,β-unsaturated/α-hetero) is 1. The normalized spacial score (nSPS) is 29.2. The first-order valence-electron chi connectivity index (χ1n) is 12.9. The molecule has 7 nitrogen and oxygen atoms in total. The molecule has 4 aliphatic rings. The molecule has 186 valence electrons. The monoisotopic (exact) mass is 493 g/mol. The van der Waals surface area contributed by atoms with Gasteiger partial charge in [0.05, 0.1) is 18.1 Å². The van der Waals surface area contributed by atoms with Crippen molar-refractivity contribution in [2.24, 2.45) is 5.92 Å². The first-order valence-corrected chi connectivity index (χ1v) is 12.9. The molecule has 2 spiro atoms. The number of amides is 2. The van der Waals surface area contributed by atoms with E-state index >= 15 is 0 Å². The van der Waals surface area contributed by atoms with Gasteiger partial charge in [0, 0.05) is 23.0 Å². The molecule has 2 N–H and O–H groups in total. The fourth-order valence-corrected chi connectivity index (χ4v) is 7.65. The van der Waals surface area contributed by atoms with E-state index < -0.39 is 16.9 Å². The number of fused-ring (bicyclic) bond motifs is 7. The molecule has 2 saturated heterocycles. The number of benzene rings is 3. The zero-order valence-corrected chi connectivity index (χ0v) is 20.5. The van der Waals surface area contributed by atoms with Crippen molar-refractivity contribution in [3.63, 3.8) is 0 Å². The second kappa shape index (κ2) is 7.76. The lowest BCUT2D eigenvalue weighted by Gasteiger charge is -2.43. The van der Waals surface area contributed by atoms with Gasteiger partial charge in [-0.1, -0.05) is 48.5 Å². The number of nitrogens with one attached hydrogen (secondary N) is 2. The van der Waals surface area contributed by atoms with Crippen LogP contribution >= 0.6 is 0 Å². The maximum Gasteiger partial charge on any atom is 0.251 e. The highest BCUT2D eigenvalue weighted by Gasteiger charge is 2.81. The van der Waals surface area contributed by atoms with Crippen LogP contribution in [0.1, 0.15) is 41.3 Å². The lowest BCUT2D eigenvalue weighted by molar-refractivity contribution is -0.137. The Kier molecular flexibility index (Phi) is 4.67. The lowest BCUT2D eigenvalue weighted by atomic mass is 9.57. The van der Waals surface area contributed by atoms with Crippen LogP contribution < -0.4 is 15.4 Å². The zero-order valence-electron chi connectivity index (χ0n) is 20.5. The number of carbonyl (C=O) groups is 3. The quantitative estimate of drug-likeness (QED) is 0.535. The predicted octanol–water partition coefficient (Wildman–Crippen LogP) is 4.10. The minimum atomic E-state index is -1.44. The third-order valence-electron chi connectivity index (χ3n) is 8.74. The molecule has 0 unspecified atom stereocenters. The van der Waals surface area contributed by atoms with Gasteiger partial charge in [0.2, 0.25) is 5.91 Å². The van der Waals surface area contributed by atoms with Gasteiger partial charge in [0.1, 0.15) is 16.7 Å². The molecule has 4 atom stereocenters. The largest absolute Gasteiger partial charge is 0.493 e. The molecule has 3 aromatic carbocycles. The van der Waals surface area contributed by atoms with E-state index in [1.165, 1.54) is 0 Å².